The van der Waals surface area contributed by atoms with Gasteiger partial charge in [0.05, 0.1) is 11.0 Å². The van der Waals surface area contributed by atoms with Crippen LogP contribution in [0.15, 0.2) is 16.6 Å². The van der Waals surface area contributed by atoms with Crippen molar-refractivity contribution in [1.29, 1.82) is 0 Å². The van der Waals surface area contributed by atoms with Crippen LogP contribution in [0.4, 0.5) is 5.69 Å². The van der Waals surface area contributed by atoms with Crippen molar-refractivity contribution in [3.8, 4) is 5.75 Å². The summed E-state index contributed by atoms with van der Waals surface area (Å²) in [6.07, 6.45) is -2.30. The molecule has 19 heavy (non-hydrogen) atoms. The predicted molar refractivity (Wildman–Crippen MR) is 69.2 cm³/mol. The predicted octanol–water partition coefficient (Wildman–Crippen LogP) is 2.26. The zero-order chi connectivity index (χ0) is 14.7. The fourth-order valence-electron chi connectivity index (χ4n) is 1.40. The molecular formula is C11H12BrNO6. The molecule has 1 rings (SSSR count). The van der Waals surface area contributed by atoms with Gasteiger partial charge in [0.25, 0.3) is 0 Å². The molecule has 0 aliphatic heterocycles. The van der Waals surface area contributed by atoms with E-state index in [0.717, 1.165) is 0 Å². The van der Waals surface area contributed by atoms with Crippen LogP contribution in [0, 0.1) is 10.1 Å². The van der Waals surface area contributed by atoms with E-state index in [1.54, 1.807) is 0 Å². The molecule has 0 aromatic heterocycles. The summed E-state index contributed by atoms with van der Waals surface area (Å²) < 4.78 is 5.49. The number of nitro benzene ring substituents is 1. The van der Waals surface area contributed by atoms with Crippen LogP contribution in [0.1, 0.15) is 25.5 Å². The maximum atomic E-state index is 11.0. The van der Waals surface area contributed by atoms with E-state index in [1.807, 2.05) is 0 Å². The average molecular weight is 334 g/mol. The average Bonchev–Trinajstić information content (AvgIpc) is 2.29. The lowest BCUT2D eigenvalue weighted by atomic mass is 10.1. The van der Waals surface area contributed by atoms with E-state index in [9.17, 15) is 20.0 Å². The molecule has 0 saturated heterocycles. The van der Waals surface area contributed by atoms with E-state index in [1.165, 1.54) is 26.0 Å². The highest BCUT2D eigenvalue weighted by molar-refractivity contribution is 9.10. The molecule has 1 aromatic rings. The molecule has 0 heterocycles. The van der Waals surface area contributed by atoms with Crippen molar-refractivity contribution in [3.05, 3.63) is 32.3 Å². The third kappa shape index (κ3) is 3.65. The Morgan fingerprint density at radius 1 is 1.47 bits per heavy atom. The number of carbonyl (C=O) groups is 1. The fourth-order valence-corrected chi connectivity index (χ4v) is 1.86. The number of benzene rings is 1. The molecular weight excluding hydrogens is 322 g/mol. The molecule has 0 aliphatic rings. The Morgan fingerprint density at radius 3 is 2.47 bits per heavy atom. The van der Waals surface area contributed by atoms with Gasteiger partial charge < -0.3 is 14.9 Å². The highest BCUT2D eigenvalue weighted by Gasteiger charge is 2.26. The molecule has 0 radical (unpaired) electrons. The van der Waals surface area contributed by atoms with Gasteiger partial charge in [-0.05, 0) is 19.9 Å². The summed E-state index contributed by atoms with van der Waals surface area (Å²) in [7, 11) is 0. The Bertz CT molecular complexity index is 516. The molecule has 8 heteroatoms. The second kappa shape index (κ2) is 5.98. The minimum absolute atomic E-state index is 0.147. The van der Waals surface area contributed by atoms with Gasteiger partial charge in [-0.3, -0.25) is 10.1 Å². The molecule has 0 fully saturated rings. The summed E-state index contributed by atoms with van der Waals surface area (Å²) in [6.45, 7) is 2.66. The Labute approximate surface area is 117 Å². The number of nitrogens with zero attached hydrogens (tertiary/aromatic N) is 1. The van der Waals surface area contributed by atoms with E-state index in [2.05, 4.69) is 15.9 Å². The number of hydrogen-bond donors (Lipinski definition) is 2. The van der Waals surface area contributed by atoms with Crippen molar-refractivity contribution in [2.45, 2.75) is 26.1 Å². The molecule has 1 unspecified atom stereocenters. The first kappa shape index (κ1) is 15.4. The molecule has 0 spiro atoms. The Hall–Kier alpha value is -1.67. The van der Waals surface area contributed by atoms with E-state index < -0.39 is 28.8 Å². The first-order valence-electron chi connectivity index (χ1n) is 5.29. The Kier molecular flexibility index (Phi) is 4.84. The van der Waals surface area contributed by atoms with Gasteiger partial charge in [0.2, 0.25) is 5.75 Å². The van der Waals surface area contributed by atoms with Gasteiger partial charge in [0.15, 0.2) is 6.10 Å². The molecule has 0 aliphatic carbocycles. The van der Waals surface area contributed by atoms with Crippen molar-refractivity contribution in [2.75, 3.05) is 0 Å². The maximum absolute atomic E-state index is 11.0. The maximum Gasteiger partial charge on any atom is 0.344 e. The second-order valence-corrected chi connectivity index (χ2v) is 4.79. The minimum atomic E-state index is -1.27. The number of aliphatic carboxylic acids is 1. The van der Waals surface area contributed by atoms with Crippen LogP contribution in [0.25, 0.3) is 0 Å². The van der Waals surface area contributed by atoms with Crippen LogP contribution in [0.5, 0.6) is 5.75 Å². The van der Waals surface area contributed by atoms with Crippen molar-refractivity contribution in [3.63, 3.8) is 0 Å². The Balaban J connectivity index is 3.39. The fraction of sp³-hybridized carbons (Fsp3) is 0.364. The number of aliphatic hydroxyl groups is 1. The van der Waals surface area contributed by atoms with Crippen molar-refractivity contribution in [2.24, 2.45) is 0 Å². The van der Waals surface area contributed by atoms with Crippen LogP contribution in [0.2, 0.25) is 0 Å². The SMILES string of the molecule is CC(Oc1c([C@@H](C)O)cc(Br)cc1[N+](=O)[O-])C(=O)O. The van der Waals surface area contributed by atoms with Gasteiger partial charge in [0.1, 0.15) is 0 Å². The molecule has 0 bridgehead atoms. The zero-order valence-electron chi connectivity index (χ0n) is 10.2. The topological polar surface area (TPSA) is 110 Å². The van der Waals surface area contributed by atoms with Gasteiger partial charge in [-0.2, -0.15) is 0 Å². The largest absolute Gasteiger partial charge is 0.479 e. The summed E-state index contributed by atoms with van der Waals surface area (Å²) in [4.78, 5) is 21.0. The van der Waals surface area contributed by atoms with E-state index in [-0.39, 0.29) is 11.3 Å². The van der Waals surface area contributed by atoms with E-state index in [4.69, 9.17) is 9.84 Å². The number of hydrogen-bond acceptors (Lipinski definition) is 5. The van der Waals surface area contributed by atoms with Crippen LogP contribution < -0.4 is 4.74 Å². The third-order valence-electron chi connectivity index (χ3n) is 2.35. The third-order valence-corrected chi connectivity index (χ3v) is 2.81. The zero-order valence-corrected chi connectivity index (χ0v) is 11.7. The van der Waals surface area contributed by atoms with Gasteiger partial charge in [0, 0.05) is 16.1 Å². The number of carboxylic acid groups (broad SMARTS) is 1. The summed E-state index contributed by atoms with van der Waals surface area (Å²) in [5.74, 6) is -1.49. The number of nitro groups is 1. The lowest BCUT2D eigenvalue weighted by Gasteiger charge is -2.16. The standard InChI is InChI=1S/C11H12BrNO6/c1-5(14)8-3-7(12)4-9(13(17)18)10(8)19-6(2)11(15)16/h3-6,14H,1-2H3,(H,15,16)/t5-,6?/m1/s1. The van der Waals surface area contributed by atoms with Crippen molar-refractivity contribution < 1.29 is 24.7 Å². The molecule has 1 aromatic carbocycles. The van der Waals surface area contributed by atoms with E-state index in [0.29, 0.717) is 4.47 Å². The monoisotopic (exact) mass is 333 g/mol. The van der Waals surface area contributed by atoms with Crippen molar-refractivity contribution >= 4 is 27.6 Å². The molecule has 104 valence electrons. The van der Waals surface area contributed by atoms with Crippen LogP contribution in [-0.2, 0) is 4.79 Å². The number of aliphatic hydroxyl groups excluding tert-OH is 1. The van der Waals surface area contributed by atoms with E-state index >= 15 is 0 Å². The van der Waals surface area contributed by atoms with Gasteiger partial charge in [-0.25, -0.2) is 4.79 Å². The van der Waals surface area contributed by atoms with Crippen molar-refractivity contribution in [1.82, 2.24) is 0 Å². The Morgan fingerprint density at radius 2 is 2.05 bits per heavy atom. The summed E-state index contributed by atoms with van der Waals surface area (Å²) in [5.41, 5.74) is -0.257. The van der Waals surface area contributed by atoms with Gasteiger partial charge >= 0.3 is 11.7 Å². The quantitative estimate of drug-likeness (QED) is 0.631. The van der Waals surface area contributed by atoms with Gasteiger partial charge in [-0.1, -0.05) is 15.9 Å². The minimum Gasteiger partial charge on any atom is -0.479 e. The van der Waals surface area contributed by atoms with Crippen LogP contribution in [0.3, 0.4) is 0 Å². The number of ether oxygens (including phenoxy) is 1. The smallest absolute Gasteiger partial charge is 0.344 e. The first-order chi connectivity index (χ1) is 8.73. The lowest BCUT2D eigenvalue weighted by Crippen LogP contribution is -2.24. The first-order valence-corrected chi connectivity index (χ1v) is 6.08. The lowest BCUT2D eigenvalue weighted by molar-refractivity contribution is -0.386. The van der Waals surface area contributed by atoms with Crippen LogP contribution >= 0.6 is 15.9 Å². The number of halogens is 1. The molecule has 2 atom stereocenters. The highest BCUT2D eigenvalue weighted by atomic mass is 79.9. The van der Waals surface area contributed by atoms with Gasteiger partial charge in [-0.15, -0.1) is 0 Å². The number of carboxylic acids is 1. The van der Waals surface area contributed by atoms with Crippen LogP contribution in [-0.4, -0.2) is 27.2 Å². The molecule has 7 nitrogen and oxygen atoms in total. The highest BCUT2D eigenvalue weighted by Crippen LogP contribution is 2.38. The normalized spacial score (nSPS) is 13.7. The summed E-state index contributed by atoms with van der Waals surface area (Å²) >= 11 is 3.09. The summed E-state index contributed by atoms with van der Waals surface area (Å²) in [6, 6.07) is 2.64. The summed E-state index contributed by atoms with van der Waals surface area (Å²) in [5, 5.41) is 29.4. The molecule has 0 amide bonds. The molecule has 0 saturated carbocycles. The second-order valence-electron chi connectivity index (χ2n) is 3.87. The number of rotatable bonds is 5. The molecule has 2 N–H and O–H groups in total.